The van der Waals surface area contributed by atoms with Crippen molar-refractivity contribution in [2.75, 3.05) is 31.4 Å². The van der Waals surface area contributed by atoms with Gasteiger partial charge in [0.25, 0.3) is 5.91 Å². The molecule has 1 N–H and O–H groups in total. The van der Waals surface area contributed by atoms with Crippen molar-refractivity contribution in [2.45, 2.75) is 9.79 Å². The monoisotopic (exact) mass is 392 g/mol. The van der Waals surface area contributed by atoms with E-state index in [1.54, 1.807) is 6.07 Å². The van der Waals surface area contributed by atoms with Gasteiger partial charge in [0, 0.05) is 23.8 Å². The van der Waals surface area contributed by atoms with Gasteiger partial charge in [0.2, 0.25) is 5.91 Å². The lowest BCUT2D eigenvalue weighted by Gasteiger charge is -2.18. The molecule has 0 bridgehead atoms. The standard InChI is InChI=1S/C18H20N2O4S2/c1-20(12-17(21)19-15-9-4-5-10-16(15)25-2)18(22)13-7-6-8-14(11-13)26(3,23)24/h4-11H,12H2,1-3H3,(H,19,21). The van der Waals surface area contributed by atoms with Crippen LogP contribution >= 0.6 is 11.8 Å². The number of amides is 2. The zero-order valence-electron chi connectivity index (χ0n) is 14.7. The number of carbonyl (C=O) groups is 2. The molecule has 6 nitrogen and oxygen atoms in total. The fourth-order valence-electron chi connectivity index (χ4n) is 2.31. The highest BCUT2D eigenvalue weighted by Crippen LogP contribution is 2.24. The van der Waals surface area contributed by atoms with Gasteiger partial charge in [-0.2, -0.15) is 0 Å². The number of anilines is 1. The van der Waals surface area contributed by atoms with Gasteiger partial charge in [-0.3, -0.25) is 9.59 Å². The number of hydrogen-bond donors (Lipinski definition) is 1. The minimum absolute atomic E-state index is 0.0649. The smallest absolute Gasteiger partial charge is 0.254 e. The molecule has 0 unspecified atom stereocenters. The Hall–Kier alpha value is -2.32. The Labute approximate surface area is 157 Å². The fraction of sp³-hybridized carbons (Fsp3) is 0.222. The normalized spacial score (nSPS) is 11.0. The highest BCUT2D eigenvalue weighted by Gasteiger charge is 2.17. The summed E-state index contributed by atoms with van der Waals surface area (Å²) < 4.78 is 23.3. The van der Waals surface area contributed by atoms with Crippen molar-refractivity contribution in [3.8, 4) is 0 Å². The molecule has 0 radical (unpaired) electrons. The van der Waals surface area contributed by atoms with Gasteiger partial charge in [0.05, 0.1) is 17.1 Å². The summed E-state index contributed by atoms with van der Waals surface area (Å²) in [5.41, 5.74) is 0.901. The third-order valence-corrected chi connectivity index (χ3v) is 5.52. The minimum atomic E-state index is -3.41. The van der Waals surface area contributed by atoms with Gasteiger partial charge in [0.15, 0.2) is 9.84 Å². The molecule has 0 fully saturated rings. The van der Waals surface area contributed by atoms with Crippen LogP contribution in [0.15, 0.2) is 58.3 Å². The van der Waals surface area contributed by atoms with Crippen molar-refractivity contribution < 1.29 is 18.0 Å². The second-order valence-electron chi connectivity index (χ2n) is 5.71. The Morgan fingerprint density at radius 2 is 1.81 bits per heavy atom. The lowest BCUT2D eigenvalue weighted by atomic mass is 10.2. The van der Waals surface area contributed by atoms with E-state index in [1.807, 2.05) is 24.5 Å². The van der Waals surface area contributed by atoms with Gasteiger partial charge >= 0.3 is 0 Å². The number of nitrogens with zero attached hydrogens (tertiary/aromatic N) is 1. The Kier molecular flexibility index (Phi) is 6.44. The Bertz CT molecular complexity index is 926. The van der Waals surface area contributed by atoms with Crippen molar-refractivity contribution in [3.63, 3.8) is 0 Å². The zero-order valence-corrected chi connectivity index (χ0v) is 16.4. The van der Waals surface area contributed by atoms with Gasteiger partial charge in [-0.25, -0.2) is 8.42 Å². The van der Waals surface area contributed by atoms with Crippen LogP contribution in [0.4, 0.5) is 5.69 Å². The predicted molar refractivity (Wildman–Crippen MR) is 103 cm³/mol. The quantitative estimate of drug-likeness (QED) is 0.764. The van der Waals surface area contributed by atoms with E-state index in [2.05, 4.69) is 5.32 Å². The number of carbonyl (C=O) groups excluding carboxylic acids is 2. The lowest BCUT2D eigenvalue weighted by Crippen LogP contribution is -2.35. The van der Waals surface area contributed by atoms with Crippen LogP contribution in [0.3, 0.4) is 0 Å². The predicted octanol–water partition coefficient (Wildman–Crippen LogP) is 2.52. The number of hydrogen-bond acceptors (Lipinski definition) is 5. The van der Waals surface area contributed by atoms with Gasteiger partial charge in [-0.05, 0) is 36.6 Å². The maximum atomic E-state index is 12.5. The van der Waals surface area contributed by atoms with Gasteiger partial charge in [0.1, 0.15) is 0 Å². The lowest BCUT2D eigenvalue weighted by molar-refractivity contribution is -0.116. The molecule has 0 aromatic heterocycles. The summed E-state index contributed by atoms with van der Waals surface area (Å²) in [5, 5.41) is 2.78. The van der Waals surface area contributed by atoms with Crippen molar-refractivity contribution in [3.05, 3.63) is 54.1 Å². The molecule has 2 aromatic carbocycles. The summed E-state index contributed by atoms with van der Waals surface area (Å²) in [6, 6.07) is 13.2. The SMILES string of the molecule is CSc1ccccc1NC(=O)CN(C)C(=O)c1cccc(S(C)(=O)=O)c1. The zero-order chi connectivity index (χ0) is 19.3. The maximum absolute atomic E-state index is 12.5. The third kappa shape index (κ3) is 5.09. The van der Waals surface area contributed by atoms with Crippen molar-refractivity contribution in [1.82, 2.24) is 4.90 Å². The molecule has 2 aromatic rings. The van der Waals surface area contributed by atoms with E-state index >= 15 is 0 Å². The molecule has 8 heteroatoms. The van der Waals surface area contributed by atoms with Crippen LogP contribution in [0.2, 0.25) is 0 Å². The van der Waals surface area contributed by atoms with Crippen LogP contribution in [0.25, 0.3) is 0 Å². The molecule has 2 rings (SSSR count). The first-order valence-electron chi connectivity index (χ1n) is 7.71. The van der Waals surface area contributed by atoms with Gasteiger partial charge < -0.3 is 10.2 Å². The van der Waals surface area contributed by atoms with Crippen molar-refractivity contribution in [1.29, 1.82) is 0 Å². The number of rotatable bonds is 6. The summed E-state index contributed by atoms with van der Waals surface area (Å²) in [6.07, 6.45) is 2.99. The van der Waals surface area contributed by atoms with Crippen molar-refractivity contribution in [2.24, 2.45) is 0 Å². The molecule has 0 spiro atoms. The fourth-order valence-corrected chi connectivity index (χ4v) is 3.53. The molecule has 0 aliphatic carbocycles. The molecule has 0 aliphatic rings. The molecule has 0 saturated heterocycles. The van der Waals surface area contributed by atoms with Crippen LogP contribution in [0.1, 0.15) is 10.4 Å². The van der Waals surface area contributed by atoms with Crippen LogP contribution in [-0.4, -0.2) is 51.2 Å². The number of benzene rings is 2. The number of sulfone groups is 1. The molecule has 0 atom stereocenters. The number of nitrogens with one attached hydrogen (secondary N) is 1. The van der Waals surface area contributed by atoms with Gasteiger partial charge in [-0.15, -0.1) is 11.8 Å². The average molecular weight is 393 g/mol. The van der Waals surface area contributed by atoms with E-state index in [0.717, 1.165) is 11.2 Å². The third-order valence-electron chi connectivity index (χ3n) is 3.62. The molecule has 0 heterocycles. The van der Waals surface area contributed by atoms with E-state index in [1.165, 1.54) is 48.0 Å². The second-order valence-corrected chi connectivity index (χ2v) is 8.57. The topological polar surface area (TPSA) is 83.6 Å². The van der Waals surface area contributed by atoms with E-state index in [4.69, 9.17) is 0 Å². The molecular weight excluding hydrogens is 372 g/mol. The first-order chi connectivity index (χ1) is 12.2. The van der Waals surface area contributed by atoms with Gasteiger partial charge in [-0.1, -0.05) is 18.2 Å². The first kappa shape index (κ1) is 20.0. The second kappa shape index (κ2) is 8.37. The molecule has 0 aliphatic heterocycles. The van der Waals surface area contributed by atoms with Crippen molar-refractivity contribution >= 4 is 39.1 Å². The Balaban J connectivity index is 2.08. The largest absolute Gasteiger partial charge is 0.332 e. The highest BCUT2D eigenvalue weighted by molar-refractivity contribution is 7.98. The summed E-state index contributed by atoms with van der Waals surface area (Å²) in [6.45, 7) is -0.148. The number of thioether (sulfide) groups is 1. The van der Waals surface area contributed by atoms with Crippen LogP contribution in [0, 0.1) is 0 Å². The summed E-state index contributed by atoms with van der Waals surface area (Å²) in [5.74, 6) is -0.759. The molecule has 0 saturated carbocycles. The number of likely N-dealkylation sites (N-methyl/N-ethyl adjacent to an activating group) is 1. The Morgan fingerprint density at radius 3 is 2.46 bits per heavy atom. The van der Waals surface area contributed by atoms with E-state index in [-0.39, 0.29) is 22.9 Å². The van der Waals surface area contributed by atoms with E-state index < -0.39 is 15.7 Å². The highest BCUT2D eigenvalue weighted by atomic mass is 32.2. The first-order valence-corrected chi connectivity index (χ1v) is 10.8. The molecular formula is C18H20N2O4S2. The Morgan fingerprint density at radius 1 is 1.12 bits per heavy atom. The van der Waals surface area contributed by atoms with E-state index in [0.29, 0.717) is 5.69 Å². The molecule has 138 valence electrons. The summed E-state index contributed by atoms with van der Waals surface area (Å²) in [4.78, 5) is 27.0. The maximum Gasteiger partial charge on any atom is 0.254 e. The minimum Gasteiger partial charge on any atom is -0.332 e. The summed E-state index contributed by atoms with van der Waals surface area (Å²) in [7, 11) is -1.91. The summed E-state index contributed by atoms with van der Waals surface area (Å²) >= 11 is 1.51. The number of para-hydroxylation sites is 1. The van der Waals surface area contributed by atoms with Crippen LogP contribution in [0.5, 0.6) is 0 Å². The van der Waals surface area contributed by atoms with Crippen LogP contribution < -0.4 is 5.32 Å². The molecule has 26 heavy (non-hydrogen) atoms. The van der Waals surface area contributed by atoms with E-state index in [9.17, 15) is 18.0 Å². The molecule has 2 amide bonds. The van der Waals surface area contributed by atoms with Crippen LogP contribution in [-0.2, 0) is 14.6 Å². The average Bonchev–Trinajstić information content (AvgIpc) is 2.60.